The van der Waals surface area contributed by atoms with Crippen molar-refractivity contribution in [3.05, 3.63) is 125 Å². The molecule has 0 fully saturated rings. The molecule has 0 aliphatic heterocycles. The van der Waals surface area contributed by atoms with Gasteiger partial charge in [0.25, 0.3) is 5.56 Å². The van der Waals surface area contributed by atoms with E-state index in [9.17, 15) is 39.3 Å². The Kier molecular flexibility index (Phi) is 5.43. The van der Waals surface area contributed by atoms with Crippen molar-refractivity contribution in [3.63, 3.8) is 0 Å². The number of aliphatic hydroxyl groups excluding tert-OH is 2. The van der Waals surface area contributed by atoms with E-state index in [0.717, 1.165) is 13.2 Å². The maximum atomic E-state index is 16.0. The fraction of sp³-hybridized carbons (Fsp3) is 0.167. The first-order valence-electron chi connectivity index (χ1n) is 12.5. The number of hydrogen-bond acceptors (Lipinski definition) is 9. The molecule has 1 aromatic carbocycles. The maximum Gasteiger partial charge on any atom is 0.260 e. The molecule has 4 aliphatic rings. The summed E-state index contributed by atoms with van der Waals surface area (Å²) in [6.07, 6.45) is 6.12. The van der Waals surface area contributed by atoms with Gasteiger partial charge in [-0.15, -0.1) is 0 Å². The molecule has 11 heteroatoms. The van der Waals surface area contributed by atoms with Crippen molar-refractivity contribution < 1.29 is 24.4 Å². The minimum atomic E-state index is -2.18. The number of aromatic amines is 1. The van der Waals surface area contributed by atoms with Crippen molar-refractivity contribution in [3.8, 4) is 11.5 Å². The Bertz CT molecular complexity index is 2410. The van der Waals surface area contributed by atoms with E-state index in [2.05, 4.69) is 4.98 Å². The van der Waals surface area contributed by atoms with E-state index in [-0.39, 0.29) is 35.0 Å². The van der Waals surface area contributed by atoms with Crippen LogP contribution in [0, 0.1) is 16.3 Å². The molecular formula is C30H20FNO9. The van der Waals surface area contributed by atoms with Crippen LogP contribution in [0.25, 0.3) is 28.4 Å². The van der Waals surface area contributed by atoms with Crippen LogP contribution in [0.15, 0.2) is 54.3 Å². The molecule has 0 bridgehead atoms. The van der Waals surface area contributed by atoms with Gasteiger partial charge in [0, 0.05) is 22.7 Å². The molecule has 1 atom stereocenters. The van der Waals surface area contributed by atoms with Gasteiger partial charge < -0.3 is 25.0 Å². The highest BCUT2D eigenvalue weighted by molar-refractivity contribution is 5.95. The summed E-state index contributed by atoms with van der Waals surface area (Å²) in [6, 6.07) is 2.07. The Morgan fingerprint density at radius 3 is 2.22 bits per heavy atom. The Balaban J connectivity index is 1.78. The average Bonchev–Trinajstić information content (AvgIpc) is 3.45. The number of halogens is 1. The third-order valence-corrected chi connectivity index (χ3v) is 7.96. The number of pyridine rings is 1. The summed E-state index contributed by atoms with van der Waals surface area (Å²) in [4.78, 5) is 68.2. The normalized spacial score (nSPS) is 18.0. The smallest absolute Gasteiger partial charge is 0.260 e. The molecule has 0 saturated carbocycles. The number of phenolic OH excluding ortho intramolecular Hbond substituents is 1. The number of aliphatic hydroxyl groups is 2. The molecule has 2 aromatic rings. The summed E-state index contributed by atoms with van der Waals surface area (Å²) in [6.45, 7) is 1.79. The number of methoxy groups -OCH3 is 1. The van der Waals surface area contributed by atoms with Crippen molar-refractivity contribution in [1.82, 2.24) is 4.98 Å². The Morgan fingerprint density at radius 1 is 0.927 bits per heavy atom. The minimum Gasteiger partial charge on any atom is -0.510 e. The molecule has 0 amide bonds. The monoisotopic (exact) mass is 557 g/mol. The standard InChI is InChI=1S/C30H20FNO9/c1-3-4-5-6-11-9-13-16(29(40)32-11)26(37)21-12(22(13)31)7-8-30(21)27(38)19-20(28(30)39)25(36)18-17(24(19)35)14(33)10-15(41-2)23(18)34/h3-6,9-10,37-39H,7-8H2,1-2H3,(H,32,40). The molecule has 0 radical (unpaired) electrons. The molecule has 4 N–H and O–H groups in total. The van der Waals surface area contributed by atoms with Gasteiger partial charge in [0.05, 0.1) is 33.4 Å². The first kappa shape index (κ1) is 25.9. The van der Waals surface area contributed by atoms with E-state index in [0.29, 0.717) is 0 Å². The van der Waals surface area contributed by atoms with Crippen LogP contribution < -0.4 is 42.4 Å². The van der Waals surface area contributed by atoms with Crippen LogP contribution in [0.3, 0.4) is 0 Å². The van der Waals surface area contributed by atoms with Crippen LogP contribution in [-0.4, -0.2) is 27.4 Å². The first-order chi connectivity index (χ1) is 19.5. The number of ether oxygens (including phenoxy) is 1. The summed E-state index contributed by atoms with van der Waals surface area (Å²) >= 11 is 0. The molecule has 10 nitrogen and oxygen atoms in total. The summed E-state index contributed by atoms with van der Waals surface area (Å²) in [5.74, 6) is -3.94. The average molecular weight is 557 g/mol. The minimum absolute atomic E-state index is 0.143. The second-order valence-corrected chi connectivity index (χ2v) is 9.91. The number of hydrogen-bond donors (Lipinski definition) is 4. The van der Waals surface area contributed by atoms with Gasteiger partial charge in [-0.2, -0.15) is 0 Å². The van der Waals surface area contributed by atoms with Gasteiger partial charge in [-0.3, -0.25) is 24.0 Å². The van der Waals surface area contributed by atoms with Crippen molar-refractivity contribution in [2.45, 2.75) is 25.2 Å². The Morgan fingerprint density at radius 2 is 1.59 bits per heavy atom. The molecule has 1 aromatic heterocycles. The van der Waals surface area contributed by atoms with Gasteiger partial charge in [-0.1, -0.05) is 18.2 Å². The van der Waals surface area contributed by atoms with Crippen LogP contribution >= 0.6 is 0 Å². The van der Waals surface area contributed by atoms with E-state index in [1.54, 1.807) is 25.2 Å². The number of H-pyrrole nitrogens is 1. The van der Waals surface area contributed by atoms with E-state index in [1.807, 2.05) is 0 Å². The number of benzene rings is 1. The zero-order valence-corrected chi connectivity index (χ0v) is 21.5. The van der Waals surface area contributed by atoms with Gasteiger partial charge >= 0.3 is 0 Å². The largest absolute Gasteiger partial charge is 0.510 e. The number of fused-ring (bicyclic) bond motifs is 4. The van der Waals surface area contributed by atoms with Gasteiger partial charge in [-0.05, 0) is 37.5 Å². The predicted octanol–water partition coefficient (Wildman–Crippen LogP) is 0.242. The molecule has 41 heavy (non-hydrogen) atoms. The lowest BCUT2D eigenvalue weighted by Crippen LogP contribution is -2.51. The van der Waals surface area contributed by atoms with Gasteiger partial charge in [0.1, 0.15) is 28.5 Å². The highest BCUT2D eigenvalue weighted by Gasteiger charge is 2.54. The second kappa shape index (κ2) is 8.59. The molecule has 4 aliphatic carbocycles. The summed E-state index contributed by atoms with van der Waals surface area (Å²) in [5, 5.41) is 30.5. The summed E-state index contributed by atoms with van der Waals surface area (Å²) in [5.41, 5.74) is -7.79. The fourth-order valence-electron chi connectivity index (χ4n) is 6.17. The van der Waals surface area contributed by atoms with Gasteiger partial charge in [-0.25, -0.2) is 4.39 Å². The number of phenols is 1. The number of aromatic hydroxyl groups is 1. The van der Waals surface area contributed by atoms with E-state index in [1.165, 1.54) is 12.1 Å². The first-order valence-corrected chi connectivity index (χ1v) is 12.5. The van der Waals surface area contributed by atoms with Crippen molar-refractivity contribution in [2.75, 3.05) is 7.11 Å². The van der Waals surface area contributed by atoms with Crippen molar-refractivity contribution in [2.24, 2.45) is 0 Å². The van der Waals surface area contributed by atoms with E-state index in [4.69, 9.17) is 4.74 Å². The van der Waals surface area contributed by atoms with Crippen LogP contribution in [0.5, 0.6) is 11.5 Å². The molecule has 1 spiro atoms. The van der Waals surface area contributed by atoms with E-state index < -0.39 is 87.8 Å². The van der Waals surface area contributed by atoms with Crippen LogP contribution in [0.1, 0.15) is 30.2 Å². The van der Waals surface area contributed by atoms with Gasteiger partial charge in [0.2, 0.25) is 16.3 Å². The quantitative estimate of drug-likeness (QED) is 0.258. The molecule has 6 rings (SSSR count). The van der Waals surface area contributed by atoms with E-state index >= 15 is 4.39 Å². The Hall–Kier alpha value is -5.32. The lowest BCUT2D eigenvalue weighted by atomic mass is 9.78. The number of nitrogens with one attached hydrogen (secondary N) is 1. The van der Waals surface area contributed by atoms with Crippen LogP contribution in [-0.2, 0) is 11.8 Å². The molecule has 1 heterocycles. The number of aromatic nitrogens is 1. The number of rotatable bonds is 3. The van der Waals surface area contributed by atoms with Gasteiger partial charge in [0.15, 0.2) is 11.2 Å². The third-order valence-electron chi connectivity index (χ3n) is 7.96. The van der Waals surface area contributed by atoms with Crippen LogP contribution in [0.4, 0.5) is 4.39 Å². The highest BCUT2D eigenvalue weighted by Crippen LogP contribution is 2.54. The molecule has 1 unspecified atom stereocenters. The lowest BCUT2D eigenvalue weighted by molar-refractivity contribution is 0.362. The van der Waals surface area contributed by atoms with Crippen molar-refractivity contribution >= 4 is 28.4 Å². The summed E-state index contributed by atoms with van der Waals surface area (Å²) in [7, 11) is 1.09. The lowest BCUT2D eigenvalue weighted by Gasteiger charge is -2.27. The molecule has 206 valence electrons. The highest BCUT2D eigenvalue weighted by atomic mass is 19.1. The molecular weight excluding hydrogens is 537 g/mol. The molecule has 0 saturated heterocycles. The van der Waals surface area contributed by atoms with Crippen molar-refractivity contribution in [1.29, 1.82) is 0 Å². The Labute approximate surface area is 226 Å². The predicted molar refractivity (Wildman–Crippen MR) is 147 cm³/mol. The fourth-order valence-corrected chi connectivity index (χ4v) is 6.17. The number of allylic oxidation sites excluding steroid dienone is 3. The zero-order valence-electron chi connectivity index (χ0n) is 21.5. The summed E-state index contributed by atoms with van der Waals surface area (Å²) < 4.78 is 20.9. The second-order valence-electron chi connectivity index (χ2n) is 9.91. The SMILES string of the molecule is CC=CC=Cc1cc2c(F)c3c(c(O)c2c(=O)[nH]1)C1(CC3)C(O)=c2c(=O)c3c(=O)cc(OC)c(=O)c=3c(=O)c2=C1O. The van der Waals surface area contributed by atoms with Crippen LogP contribution in [0.2, 0.25) is 0 Å². The maximum absolute atomic E-state index is 16.0. The third kappa shape index (κ3) is 3.08. The topological polar surface area (TPSA) is 171 Å². The zero-order chi connectivity index (χ0) is 29.5.